The fourth-order valence-electron chi connectivity index (χ4n) is 1.77. The Hall–Kier alpha value is -2.01. The molecule has 0 radical (unpaired) electrons. The minimum atomic E-state index is -0.369. The van der Waals surface area contributed by atoms with Crippen molar-refractivity contribution in [2.75, 3.05) is 11.1 Å². The van der Waals surface area contributed by atoms with Gasteiger partial charge in [0, 0.05) is 10.2 Å². The van der Waals surface area contributed by atoms with E-state index < -0.39 is 0 Å². The number of nitrogen functional groups attached to an aromatic ring is 1. The molecule has 0 fully saturated rings. The van der Waals surface area contributed by atoms with Gasteiger partial charge in [-0.15, -0.1) is 0 Å². The summed E-state index contributed by atoms with van der Waals surface area (Å²) in [7, 11) is 0. The second-order valence-corrected chi connectivity index (χ2v) is 5.80. The van der Waals surface area contributed by atoms with Crippen molar-refractivity contribution in [2.24, 2.45) is 0 Å². The van der Waals surface area contributed by atoms with Gasteiger partial charge in [-0.05, 0) is 56.3 Å². The molecule has 0 bridgehead atoms. The summed E-state index contributed by atoms with van der Waals surface area (Å²) in [4.78, 5) is 11.8. The highest BCUT2D eigenvalue weighted by Gasteiger charge is 2.11. The Kier molecular flexibility index (Phi) is 4.85. The van der Waals surface area contributed by atoms with Crippen molar-refractivity contribution in [1.82, 2.24) is 0 Å². The summed E-state index contributed by atoms with van der Waals surface area (Å²) in [5.74, 6) is -0.369. The molecule has 0 spiro atoms. The zero-order valence-corrected chi connectivity index (χ0v) is 13.5. The van der Waals surface area contributed by atoms with E-state index in [2.05, 4.69) is 21.2 Å². The van der Waals surface area contributed by atoms with Crippen LogP contribution in [-0.4, -0.2) is 12.1 Å². The molecule has 0 saturated heterocycles. The van der Waals surface area contributed by atoms with Crippen LogP contribution in [0.15, 0.2) is 46.9 Å². The molecule has 0 unspecified atom stereocenters. The van der Waals surface area contributed by atoms with Gasteiger partial charge in [0.2, 0.25) is 0 Å². The van der Waals surface area contributed by atoms with Crippen molar-refractivity contribution in [3.8, 4) is 0 Å². The highest BCUT2D eigenvalue weighted by molar-refractivity contribution is 9.10. The first-order chi connectivity index (χ1) is 9.95. The fourth-order valence-corrected chi connectivity index (χ4v) is 2.04. The van der Waals surface area contributed by atoms with E-state index in [9.17, 15) is 4.79 Å². The number of anilines is 3. The quantitative estimate of drug-likeness (QED) is 0.637. The zero-order valence-electron chi connectivity index (χ0n) is 11.9. The number of hydrogen-bond acceptors (Lipinski definition) is 4. The van der Waals surface area contributed by atoms with Crippen molar-refractivity contribution in [1.29, 1.82) is 0 Å². The van der Waals surface area contributed by atoms with E-state index in [-0.39, 0.29) is 12.1 Å². The Bertz CT molecular complexity index is 639. The summed E-state index contributed by atoms with van der Waals surface area (Å²) in [6.45, 7) is 3.62. The largest absolute Gasteiger partial charge is 0.459 e. The van der Waals surface area contributed by atoms with Crippen LogP contribution in [0.3, 0.4) is 0 Å². The maximum absolute atomic E-state index is 11.8. The molecule has 2 aromatic carbocycles. The molecule has 3 N–H and O–H groups in total. The van der Waals surface area contributed by atoms with Gasteiger partial charge >= 0.3 is 5.97 Å². The molecule has 0 aliphatic rings. The first-order valence-electron chi connectivity index (χ1n) is 6.59. The van der Waals surface area contributed by atoms with Gasteiger partial charge < -0.3 is 15.8 Å². The number of ether oxygens (including phenoxy) is 1. The second-order valence-electron chi connectivity index (χ2n) is 4.89. The number of halogens is 1. The number of rotatable bonds is 4. The van der Waals surface area contributed by atoms with Crippen LogP contribution in [0.4, 0.5) is 17.1 Å². The van der Waals surface area contributed by atoms with E-state index in [4.69, 9.17) is 10.5 Å². The van der Waals surface area contributed by atoms with Gasteiger partial charge in [0.05, 0.1) is 23.0 Å². The molecule has 110 valence electrons. The lowest BCUT2D eigenvalue weighted by Gasteiger charge is -2.12. The Morgan fingerprint density at radius 2 is 1.86 bits per heavy atom. The van der Waals surface area contributed by atoms with Gasteiger partial charge in [0.25, 0.3) is 0 Å². The maximum Gasteiger partial charge on any atom is 0.338 e. The lowest BCUT2D eigenvalue weighted by Crippen LogP contribution is -2.12. The first kappa shape index (κ1) is 15.4. The lowest BCUT2D eigenvalue weighted by atomic mass is 10.1. The van der Waals surface area contributed by atoms with Crippen LogP contribution in [0.25, 0.3) is 0 Å². The lowest BCUT2D eigenvalue weighted by molar-refractivity contribution is 0.0378. The highest BCUT2D eigenvalue weighted by Crippen LogP contribution is 2.25. The Morgan fingerprint density at radius 3 is 2.43 bits per heavy atom. The monoisotopic (exact) mass is 348 g/mol. The van der Waals surface area contributed by atoms with Crippen LogP contribution in [0, 0.1) is 0 Å². The van der Waals surface area contributed by atoms with Crippen LogP contribution >= 0.6 is 15.9 Å². The van der Waals surface area contributed by atoms with E-state index in [1.54, 1.807) is 18.2 Å². The topological polar surface area (TPSA) is 64.3 Å². The Labute approximate surface area is 132 Å². The van der Waals surface area contributed by atoms with Crippen LogP contribution in [-0.2, 0) is 4.74 Å². The fraction of sp³-hybridized carbons (Fsp3) is 0.188. The molecule has 5 heteroatoms. The number of esters is 1. The van der Waals surface area contributed by atoms with Gasteiger partial charge in [-0.2, -0.15) is 0 Å². The predicted molar refractivity (Wildman–Crippen MR) is 88.8 cm³/mol. The Balaban J connectivity index is 2.15. The van der Waals surface area contributed by atoms with Crippen molar-refractivity contribution < 1.29 is 9.53 Å². The van der Waals surface area contributed by atoms with Crippen LogP contribution < -0.4 is 11.1 Å². The predicted octanol–water partition coefficient (Wildman–Crippen LogP) is 4.34. The summed E-state index contributed by atoms with van der Waals surface area (Å²) >= 11 is 3.39. The molecular weight excluding hydrogens is 332 g/mol. The number of carbonyl (C=O) groups excluding carboxylic acids is 1. The molecule has 4 nitrogen and oxygen atoms in total. The summed E-state index contributed by atoms with van der Waals surface area (Å²) in [6.07, 6.45) is -0.153. The average molecular weight is 349 g/mol. The van der Waals surface area contributed by atoms with Crippen LogP contribution in [0.1, 0.15) is 24.2 Å². The van der Waals surface area contributed by atoms with Crippen molar-refractivity contribution in [2.45, 2.75) is 20.0 Å². The van der Waals surface area contributed by atoms with Gasteiger partial charge in [0.15, 0.2) is 0 Å². The third kappa shape index (κ3) is 4.23. The number of hydrogen-bond donors (Lipinski definition) is 2. The molecule has 0 saturated carbocycles. The highest BCUT2D eigenvalue weighted by atomic mass is 79.9. The van der Waals surface area contributed by atoms with Gasteiger partial charge in [-0.25, -0.2) is 4.79 Å². The molecule has 0 amide bonds. The van der Waals surface area contributed by atoms with Gasteiger partial charge in [-0.1, -0.05) is 15.9 Å². The molecule has 2 rings (SSSR count). The standard InChI is InChI=1S/C16H17BrN2O2/c1-10(2)21-16(20)11-3-8-15(14(18)9-11)19-13-6-4-12(17)5-7-13/h3-10,19H,18H2,1-2H3. The van der Waals surface area contributed by atoms with Crippen molar-refractivity contribution in [3.05, 3.63) is 52.5 Å². The molecule has 0 aromatic heterocycles. The zero-order chi connectivity index (χ0) is 15.4. The van der Waals surface area contributed by atoms with Crippen LogP contribution in [0.2, 0.25) is 0 Å². The summed E-state index contributed by atoms with van der Waals surface area (Å²) < 4.78 is 6.15. The minimum Gasteiger partial charge on any atom is -0.459 e. The number of nitrogens with two attached hydrogens (primary N) is 1. The number of benzene rings is 2. The molecule has 0 heterocycles. The third-order valence-corrected chi connectivity index (χ3v) is 3.28. The minimum absolute atomic E-state index is 0.153. The van der Waals surface area contributed by atoms with Gasteiger partial charge in [0.1, 0.15) is 0 Å². The molecule has 21 heavy (non-hydrogen) atoms. The summed E-state index contributed by atoms with van der Waals surface area (Å²) in [5, 5.41) is 3.21. The van der Waals surface area contributed by atoms with Gasteiger partial charge in [-0.3, -0.25) is 0 Å². The molecule has 0 aliphatic heterocycles. The smallest absolute Gasteiger partial charge is 0.338 e. The van der Waals surface area contributed by atoms with Crippen LogP contribution in [0.5, 0.6) is 0 Å². The molecule has 0 atom stereocenters. The number of carbonyl (C=O) groups is 1. The number of nitrogens with one attached hydrogen (secondary N) is 1. The SMILES string of the molecule is CC(C)OC(=O)c1ccc(Nc2ccc(Br)cc2)c(N)c1. The Morgan fingerprint density at radius 1 is 1.19 bits per heavy atom. The molecule has 0 aliphatic carbocycles. The second kappa shape index (κ2) is 6.63. The van der Waals surface area contributed by atoms with Crippen molar-refractivity contribution in [3.63, 3.8) is 0 Å². The average Bonchev–Trinajstić information content (AvgIpc) is 2.42. The first-order valence-corrected chi connectivity index (χ1v) is 7.38. The summed E-state index contributed by atoms with van der Waals surface area (Å²) in [6, 6.07) is 12.8. The molecular formula is C16H17BrN2O2. The van der Waals surface area contributed by atoms with E-state index in [0.717, 1.165) is 15.8 Å². The third-order valence-electron chi connectivity index (χ3n) is 2.75. The van der Waals surface area contributed by atoms with E-state index in [0.29, 0.717) is 11.3 Å². The maximum atomic E-state index is 11.8. The van der Waals surface area contributed by atoms with Crippen molar-refractivity contribution >= 4 is 39.0 Å². The van der Waals surface area contributed by atoms with E-state index in [1.807, 2.05) is 38.1 Å². The summed E-state index contributed by atoms with van der Waals surface area (Å²) in [5.41, 5.74) is 8.60. The normalized spacial score (nSPS) is 10.5. The van der Waals surface area contributed by atoms with E-state index in [1.165, 1.54) is 0 Å². The van der Waals surface area contributed by atoms with E-state index >= 15 is 0 Å². The molecule has 2 aromatic rings.